The smallest absolute Gasteiger partial charge is 0.251 e. The molecule has 1 atom stereocenters. The molecule has 0 saturated heterocycles. The summed E-state index contributed by atoms with van der Waals surface area (Å²) in [5, 5.41) is 26.5. The number of aromatic nitrogens is 2. The summed E-state index contributed by atoms with van der Waals surface area (Å²) in [5.74, 6) is 0.287. The van der Waals surface area contributed by atoms with Crippen molar-refractivity contribution < 1.29 is 15.0 Å². The quantitative estimate of drug-likeness (QED) is 0.468. The van der Waals surface area contributed by atoms with E-state index in [0.717, 1.165) is 36.6 Å². The lowest BCUT2D eigenvalue weighted by Gasteiger charge is -2.26. The van der Waals surface area contributed by atoms with E-state index in [1.54, 1.807) is 18.3 Å². The summed E-state index contributed by atoms with van der Waals surface area (Å²) in [6.07, 6.45) is 5.43. The fourth-order valence-electron chi connectivity index (χ4n) is 3.97. The fraction of sp³-hybridized carbons (Fsp3) is 0.375. The zero-order chi connectivity index (χ0) is 21.6. The number of nitrogens with one attached hydrogen (secondary N) is 2. The van der Waals surface area contributed by atoms with Crippen LogP contribution in [-0.2, 0) is 6.42 Å². The highest BCUT2D eigenvalue weighted by Gasteiger charge is 2.20. The molecule has 7 nitrogen and oxygen atoms in total. The number of benzene rings is 2. The van der Waals surface area contributed by atoms with Gasteiger partial charge in [-0.25, -0.2) is 9.97 Å². The maximum absolute atomic E-state index is 12.8. The number of nitrogens with zero attached hydrogens (tertiary/aromatic N) is 2. The van der Waals surface area contributed by atoms with Crippen LogP contribution in [0, 0.1) is 0 Å². The molecule has 1 fully saturated rings. The van der Waals surface area contributed by atoms with E-state index in [2.05, 4.69) is 20.6 Å². The van der Waals surface area contributed by atoms with Crippen LogP contribution in [-0.4, -0.2) is 50.9 Å². The molecule has 3 aromatic rings. The number of aliphatic hydroxyl groups excluding tert-OH is 2. The van der Waals surface area contributed by atoms with Crippen LogP contribution >= 0.6 is 0 Å². The molecule has 7 heteroatoms. The second-order valence-corrected chi connectivity index (χ2v) is 8.16. The van der Waals surface area contributed by atoms with Crippen LogP contribution in [0.1, 0.15) is 41.6 Å². The SMILES string of the molecule is O=C(N[C@H](CO)Cc1ccccc1)c1ccc2cnc(NC3CCC(O)CC3)nc2c1. The normalized spacial score (nSPS) is 19.7. The summed E-state index contributed by atoms with van der Waals surface area (Å²) in [6.45, 7) is -0.138. The summed E-state index contributed by atoms with van der Waals surface area (Å²) < 4.78 is 0. The van der Waals surface area contributed by atoms with Crippen molar-refractivity contribution >= 4 is 22.8 Å². The highest BCUT2D eigenvalue weighted by atomic mass is 16.3. The van der Waals surface area contributed by atoms with Gasteiger partial charge in [-0.1, -0.05) is 36.4 Å². The van der Waals surface area contributed by atoms with Crippen LogP contribution in [0.25, 0.3) is 10.9 Å². The van der Waals surface area contributed by atoms with Crippen LogP contribution < -0.4 is 10.6 Å². The van der Waals surface area contributed by atoms with Gasteiger partial charge in [-0.3, -0.25) is 4.79 Å². The summed E-state index contributed by atoms with van der Waals surface area (Å²) in [4.78, 5) is 21.7. The summed E-state index contributed by atoms with van der Waals surface area (Å²) in [7, 11) is 0. The Labute approximate surface area is 181 Å². The van der Waals surface area contributed by atoms with E-state index in [1.807, 2.05) is 36.4 Å². The second kappa shape index (κ2) is 9.85. The van der Waals surface area contributed by atoms with Gasteiger partial charge in [-0.15, -0.1) is 0 Å². The van der Waals surface area contributed by atoms with Crippen LogP contribution in [0.3, 0.4) is 0 Å². The lowest BCUT2D eigenvalue weighted by Crippen LogP contribution is -2.39. The molecule has 31 heavy (non-hydrogen) atoms. The van der Waals surface area contributed by atoms with Crippen molar-refractivity contribution in [2.45, 2.75) is 50.3 Å². The van der Waals surface area contributed by atoms with Crippen molar-refractivity contribution in [1.82, 2.24) is 15.3 Å². The maximum Gasteiger partial charge on any atom is 0.251 e. The van der Waals surface area contributed by atoms with Crippen molar-refractivity contribution in [2.24, 2.45) is 0 Å². The van der Waals surface area contributed by atoms with Crippen molar-refractivity contribution in [3.63, 3.8) is 0 Å². The number of hydrogen-bond acceptors (Lipinski definition) is 6. The number of hydrogen-bond donors (Lipinski definition) is 4. The number of aliphatic hydroxyl groups is 2. The average Bonchev–Trinajstić information content (AvgIpc) is 2.80. The number of amides is 1. The Kier molecular flexibility index (Phi) is 6.74. The standard InChI is InChI=1S/C24H28N4O3/c29-15-20(12-16-4-2-1-3-5-16)26-23(31)17-6-7-18-14-25-24(28-22(18)13-17)27-19-8-10-21(30)11-9-19/h1-7,13-14,19-21,29-30H,8-12,15H2,(H,26,31)(H,25,27,28)/t19?,20-,21?/m0/s1. The van der Waals surface area contributed by atoms with Gasteiger partial charge >= 0.3 is 0 Å². The molecular weight excluding hydrogens is 392 g/mol. The lowest BCUT2D eigenvalue weighted by molar-refractivity contribution is 0.0916. The average molecular weight is 421 g/mol. The molecule has 1 amide bonds. The van der Waals surface area contributed by atoms with Gasteiger partial charge in [-0.2, -0.15) is 0 Å². The van der Waals surface area contributed by atoms with E-state index in [0.29, 0.717) is 23.4 Å². The van der Waals surface area contributed by atoms with Gasteiger partial charge in [0.15, 0.2) is 0 Å². The molecule has 0 aliphatic heterocycles. The molecule has 4 N–H and O–H groups in total. The molecule has 2 aromatic carbocycles. The first-order valence-electron chi connectivity index (χ1n) is 10.8. The van der Waals surface area contributed by atoms with Gasteiger partial charge in [0.25, 0.3) is 5.91 Å². The zero-order valence-corrected chi connectivity index (χ0v) is 17.4. The van der Waals surface area contributed by atoms with E-state index in [-0.39, 0.29) is 30.7 Å². The molecule has 1 heterocycles. The summed E-state index contributed by atoms with van der Waals surface area (Å²) >= 11 is 0. The van der Waals surface area contributed by atoms with Gasteiger partial charge < -0.3 is 20.8 Å². The summed E-state index contributed by atoms with van der Waals surface area (Å²) in [6, 6.07) is 15.0. The first kappa shape index (κ1) is 21.2. The third-order valence-electron chi connectivity index (χ3n) is 5.76. The number of fused-ring (bicyclic) bond motifs is 1. The molecule has 162 valence electrons. The molecule has 1 aromatic heterocycles. The molecule has 1 saturated carbocycles. The Morgan fingerprint density at radius 3 is 2.61 bits per heavy atom. The first-order chi connectivity index (χ1) is 15.1. The zero-order valence-electron chi connectivity index (χ0n) is 17.4. The van der Waals surface area contributed by atoms with E-state index in [4.69, 9.17) is 0 Å². The Hall–Kier alpha value is -3.03. The number of rotatable bonds is 7. The van der Waals surface area contributed by atoms with Crippen molar-refractivity contribution in [2.75, 3.05) is 11.9 Å². The van der Waals surface area contributed by atoms with E-state index < -0.39 is 0 Å². The van der Waals surface area contributed by atoms with Crippen LogP contribution in [0.2, 0.25) is 0 Å². The Morgan fingerprint density at radius 2 is 1.87 bits per heavy atom. The van der Waals surface area contributed by atoms with E-state index in [1.165, 1.54) is 0 Å². The Balaban J connectivity index is 1.44. The number of anilines is 1. The molecule has 1 aliphatic carbocycles. The van der Waals surface area contributed by atoms with Crippen molar-refractivity contribution in [3.05, 3.63) is 65.9 Å². The molecule has 0 unspecified atom stereocenters. The molecular formula is C24H28N4O3. The number of carbonyl (C=O) groups excluding carboxylic acids is 1. The number of carbonyl (C=O) groups is 1. The molecule has 4 rings (SSSR count). The van der Waals surface area contributed by atoms with Gasteiger partial charge in [0.1, 0.15) is 0 Å². The van der Waals surface area contributed by atoms with Gasteiger partial charge in [0.05, 0.1) is 24.3 Å². The van der Waals surface area contributed by atoms with Crippen molar-refractivity contribution in [1.29, 1.82) is 0 Å². The third kappa shape index (κ3) is 5.57. The minimum absolute atomic E-state index is 0.138. The molecule has 0 spiro atoms. The van der Waals surface area contributed by atoms with Crippen LogP contribution in [0.5, 0.6) is 0 Å². The molecule has 1 aliphatic rings. The Morgan fingerprint density at radius 1 is 1.10 bits per heavy atom. The predicted octanol–water partition coefficient (Wildman–Crippen LogP) is 2.68. The lowest BCUT2D eigenvalue weighted by atomic mass is 9.93. The van der Waals surface area contributed by atoms with Crippen LogP contribution in [0.15, 0.2) is 54.7 Å². The minimum atomic E-state index is -0.366. The van der Waals surface area contributed by atoms with Gasteiger partial charge in [0, 0.05) is 23.2 Å². The van der Waals surface area contributed by atoms with Gasteiger partial charge in [-0.05, 0) is 49.8 Å². The van der Waals surface area contributed by atoms with Gasteiger partial charge in [0.2, 0.25) is 5.95 Å². The monoisotopic (exact) mass is 420 g/mol. The topological polar surface area (TPSA) is 107 Å². The highest BCUT2D eigenvalue weighted by molar-refractivity contribution is 5.98. The molecule has 0 radical (unpaired) electrons. The largest absolute Gasteiger partial charge is 0.394 e. The van der Waals surface area contributed by atoms with Crippen molar-refractivity contribution in [3.8, 4) is 0 Å². The second-order valence-electron chi connectivity index (χ2n) is 8.16. The fourth-order valence-corrected chi connectivity index (χ4v) is 3.97. The highest BCUT2D eigenvalue weighted by Crippen LogP contribution is 2.22. The first-order valence-corrected chi connectivity index (χ1v) is 10.8. The van der Waals surface area contributed by atoms with E-state index >= 15 is 0 Å². The summed E-state index contributed by atoms with van der Waals surface area (Å²) in [5.41, 5.74) is 2.23. The molecule has 0 bridgehead atoms. The van der Waals surface area contributed by atoms with E-state index in [9.17, 15) is 15.0 Å². The van der Waals surface area contributed by atoms with Crippen LogP contribution in [0.4, 0.5) is 5.95 Å². The minimum Gasteiger partial charge on any atom is -0.394 e. The third-order valence-corrected chi connectivity index (χ3v) is 5.76. The predicted molar refractivity (Wildman–Crippen MR) is 120 cm³/mol. The maximum atomic E-state index is 12.8. The Bertz CT molecular complexity index is 1020.